The molecule has 0 fully saturated rings. The lowest BCUT2D eigenvalue weighted by molar-refractivity contribution is 0.479. The normalized spacial score (nSPS) is 10.7. The molecule has 0 aliphatic heterocycles. The molecular weight excluding hydrogens is 336 g/mol. The van der Waals surface area contributed by atoms with Crippen LogP contribution in [-0.4, -0.2) is 0 Å². The molecule has 27 heavy (non-hydrogen) atoms. The number of hydrogen-bond donors (Lipinski definition) is 2. The van der Waals surface area contributed by atoms with Crippen molar-refractivity contribution in [2.45, 2.75) is 6.92 Å². The van der Waals surface area contributed by atoms with Gasteiger partial charge in [-0.25, -0.2) is 0 Å². The monoisotopic (exact) mass is 356 g/mol. The Morgan fingerprint density at radius 1 is 0.556 bits per heavy atom. The molecule has 0 radical (unpaired) electrons. The van der Waals surface area contributed by atoms with E-state index in [-0.39, 0.29) is 0 Å². The Balaban J connectivity index is 1.61. The van der Waals surface area contributed by atoms with Crippen LogP contribution in [0.25, 0.3) is 10.8 Å². The van der Waals surface area contributed by atoms with Crippen molar-refractivity contribution in [1.82, 2.24) is 0 Å². The molecule has 0 atom stereocenters. The van der Waals surface area contributed by atoms with E-state index in [1.165, 1.54) is 0 Å². The average Bonchev–Trinajstić information content (AvgIpc) is 2.66. The zero-order valence-electron chi connectivity index (χ0n) is 15.0. The van der Waals surface area contributed by atoms with E-state index in [0.717, 1.165) is 45.0 Å². The van der Waals surface area contributed by atoms with Crippen molar-refractivity contribution >= 4 is 22.1 Å². The van der Waals surface area contributed by atoms with Crippen molar-refractivity contribution in [2.75, 3.05) is 11.5 Å². The fourth-order valence-electron chi connectivity index (χ4n) is 2.92. The molecular formula is C23H20N2O2. The van der Waals surface area contributed by atoms with Crippen LogP contribution in [0.4, 0.5) is 11.4 Å². The zero-order valence-corrected chi connectivity index (χ0v) is 15.0. The zero-order chi connectivity index (χ0) is 18.8. The summed E-state index contributed by atoms with van der Waals surface area (Å²) in [7, 11) is 0. The summed E-state index contributed by atoms with van der Waals surface area (Å²) in [5.74, 6) is 3.05. The van der Waals surface area contributed by atoms with Gasteiger partial charge in [-0.05, 0) is 90.0 Å². The third-order valence-electron chi connectivity index (χ3n) is 4.33. The highest BCUT2D eigenvalue weighted by Gasteiger charge is 2.05. The summed E-state index contributed by atoms with van der Waals surface area (Å²) in [6, 6.07) is 24.9. The third-order valence-corrected chi connectivity index (χ3v) is 4.33. The number of rotatable bonds is 4. The fourth-order valence-corrected chi connectivity index (χ4v) is 2.92. The second-order valence-corrected chi connectivity index (χ2v) is 6.47. The van der Waals surface area contributed by atoms with E-state index in [1.54, 1.807) is 0 Å². The molecule has 0 unspecified atom stereocenters. The lowest BCUT2D eigenvalue weighted by Crippen LogP contribution is -1.91. The van der Waals surface area contributed by atoms with Gasteiger partial charge in [0.1, 0.15) is 23.0 Å². The van der Waals surface area contributed by atoms with Crippen molar-refractivity contribution in [3.05, 3.63) is 84.4 Å². The molecule has 0 saturated heterocycles. The predicted octanol–water partition coefficient (Wildman–Crippen LogP) is 5.90. The molecule has 4 aromatic carbocycles. The number of nitrogen functional groups attached to an aromatic ring is 2. The first kappa shape index (κ1) is 16.8. The molecule has 4 N–H and O–H groups in total. The summed E-state index contributed by atoms with van der Waals surface area (Å²) < 4.78 is 12.0. The van der Waals surface area contributed by atoms with E-state index in [1.807, 2.05) is 85.8 Å². The van der Waals surface area contributed by atoms with Gasteiger partial charge < -0.3 is 20.9 Å². The van der Waals surface area contributed by atoms with Crippen LogP contribution in [0.2, 0.25) is 0 Å². The van der Waals surface area contributed by atoms with Gasteiger partial charge in [0.2, 0.25) is 0 Å². The Labute approximate surface area is 157 Å². The van der Waals surface area contributed by atoms with Gasteiger partial charge in [-0.1, -0.05) is 12.1 Å². The molecule has 4 rings (SSSR count). The van der Waals surface area contributed by atoms with Crippen molar-refractivity contribution in [3.63, 3.8) is 0 Å². The number of aryl methyl sites for hydroxylation is 1. The lowest BCUT2D eigenvalue weighted by atomic mass is 10.1. The summed E-state index contributed by atoms with van der Waals surface area (Å²) in [4.78, 5) is 0. The number of anilines is 2. The highest BCUT2D eigenvalue weighted by Crippen LogP contribution is 2.31. The first-order valence-electron chi connectivity index (χ1n) is 8.68. The molecule has 4 aromatic rings. The maximum absolute atomic E-state index is 6.03. The van der Waals surface area contributed by atoms with Gasteiger partial charge in [0, 0.05) is 11.4 Å². The molecule has 134 valence electrons. The van der Waals surface area contributed by atoms with Gasteiger partial charge in [-0.2, -0.15) is 0 Å². The van der Waals surface area contributed by atoms with E-state index in [4.69, 9.17) is 20.9 Å². The van der Waals surface area contributed by atoms with Crippen LogP contribution in [0.1, 0.15) is 5.56 Å². The van der Waals surface area contributed by atoms with Crippen LogP contribution in [-0.2, 0) is 0 Å². The smallest absolute Gasteiger partial charge is 0.130 e. The van der Waals surface area contributed by atoms with Gasteiger partial charge >= 0.3 is 0 Å². The molecule has 0 amide bonds. The Morgan fingerprint density at radius 3 is 1.81 bits per heavy atom. The van der Waals surface area contributed by atoms with E-state index in [9.17, 15) is 0 Å². The Kier molecular flexibility index (Phi) is 4.30. The van der Waals surface area contributed by atoms with Crippen LogP contribution in [0.5, 0.6) is 23.0 Å². The number of fused-ring (bicyclic) bond motifs is 1. The Bertz CT molecular complexity index is 1110. The molecule has 0 saturated carbocycles. The van der Waals surface area contributed by atoms with E-state index in [0.29, 0.717) is 5.69 Å². The standard InChI is InChI=1S/C23H20N2O2/c1-15-12-19(25)6-11-23(15)27-22-8-3-16-2-7-21(13-17(16)14-22)26-20-9-4-18(24)5-10-20/h2-14H,24-25H2,1H3. The fraction of sp³-hybridized carbons (Fsp3) is 0.0435. The van der Waals surface area contributed by atoms with Crippen molar-refractivity contribution in [3.8, 4) is 23.0 Å². The van der Waals surface area contributed by atoms with Crippen LogP contribution < -0.4 is 20.9 Å². The van der Waals surface area contributed by atoms with Crippen molar-refractivity contribution < 1.29 is 9.47 Å². The largest absolute Gasteiger partial charge is 0.457 e. The minimum Gasteiger partial charge on any atom is -0.457 e. The van der Waals surface area contributed by atoms with E-state index >= 15 is 0 Å². The van der Waals surface area contributed by atoms with Gasteiger partial charge in [-0.15, -0.1) is 0 Å². The highest BCUT2D eigenvalue weighted by molar-refractivity contribution is 5.85. The SMILES string of the molecule is Cc1cc(N)ccc1Oc1ccc2ccc(Oc3ccc(N)cc3)cc2c1. The van der Waals surface area contributed by atoms with Crippen molar-refractivity contribution in [2.24, 2.45) is 0 Å². The van der Waals surface area contributed by atoms with Gasteiger partial charge in [0.05, 0.1) is 0 Å². The Hall–Kier alpha value is -3.66. The third kappa shape index (κ3) is 3.80. The first-order valence-corrected chi connectivity index (χ1v) is 8.68. The molecule has 4 nitrogen and oxygen atoms in total. The number of nitrogens with two attached hydrogens (primary N) is 2. The quantitative estimate of drug-likeness (QED) is 0.447. The second-order valence-electron chi connectivity index (χ2n) is 6.47. The van der Waals surface area contributed by atoms with Gasteiger partial charge in [0.25, 0.3) is 0 Å². The van der Waals surface area contributed by atoms with Crippen LogP contribution in [0.3, 0.4) is 0 Å². The maximum atomic E-state index is 6.03. The average molecular weight is 356 g/mol. The molecule has 0 heterocycles. The highest BCUT2D eigenvalue weighted by atomic mass is 16.5. The molecule has 0 spiro atoms. The lowest BCUT2D eigenvalue weighted by Gasteiger charge is -2.11. The van der Waals surface area contributed by atoms with E-state index < -0.39 is 0 Å². The molecule has 0 bridgehead atoms. The summed E-state index contributed by atoms with van der Waals surface area (Å²) in [6.07, 6.45) is 0. The molecule has 0 aliphatic carbocycles. The molecule has 0 aromatic heterocycles. The summed E-state index contributed by atoms with van der Waals surface area (Å²) in [6.45, 7) is 1.98. The van der Waals surface area contributed by atoms with Crippen molar-refractivity contribution in [1.29, 1.82) is 0 Å². The summed E-state index contributed by atoms with van der Waals surface area (Å²) >= 11 is 0. The summed E-state index contributed by atoms with van der Waals surface area (Å²) in [5.41, 5.74) is 14.0. The molecule has 0 aliphatic rings. The topological polar surface area (TPSA) is 70.5 Å². The summed E-state index contributed by atoms with van der Waals surface area (Å²) in [5, 5.41) is 2.15. The minimum absolute atomic E-state index is 0.709. The maximum Gasteiger partial charge on any atom is 0.130 e. The van der Waals surface area contributed by atoms with Gasteiger partial charge in [-0.3, -0.25) is 0 Å². The number of benzene rings is 4. The predicted molar refractivity (Wildman–Crippen MR) is 111 cm³/mol. The number of ether oxygens (including phenoxy) is 2. The van der Waals surface area contributed by atoms with Crippen LogP contribution in [0, 0.1) is 6.92 Å². The molecule has 4 heteroatoms. The van der Waals surface area contributed by atoms with E-state index in [2.05, 4.69) is 0 Å². The second kappa shape index (κ2) is 6.92. The first-order chi connectivity index (χ1) is 13.1. The Morgan fingerprint density at radius 2 is 1.15 bits per heavy atom. The van der Waals surface area contributed by atoms with Crippen LogP contribution in [0.15, 0.2) is 78.9 Å². The minimum atomic E-state index is 0.709. The van der Waals surface area contributed by atoms with Crippen LogP contribution >= 0.6 is 0 Å². The number of hydrogen-bond acceptors (Lipinski definition) is 4. The van der Waals surface area contributed by atoms with Gasteiger partial charge in [0.15, 0.2) is 0 Å².